The minimum absolute atomic E-state index is 0.477. The second kappa shape index (κ2) is 14.5. The molecular formula is C44H35N5. The number of aliphatic imine (C=N–C) groups is 4. The number of nitrogens with zero attached hydrogens (tertiary/aromatic N) is 5. The summed E-state index contributed by atoms with van der Waals surface area (Å²) in [4.78, 5) is 21.4. The first-order valence-electron chi connectivity index (χ1n) is 16.2. The lowest BCUT2D eigenvalue weighted by atomic mass is 9.90. The van der Waals surface area contributed by atoms with Gasteiger partial charge < -0.3 is 4.90 Å². The Morgan fingerprint density at radius 3 is 1.78 bits per heavy atom. The molecule has 0 saturated carbocycles. The molecule has 0 radical (unpaired) electrons. The van der Waals surface area contributed by atoms with Gasteiger partial charge in [0.05, 0.1) is 17.9 Å². The molecule has 0 unspecified atom stereocenters. The van der Waals surface area contributed by atoms with Crippen LogP contribution in [0.2, 0.25) is 0 Å². The number of amidine groups is 2. The van der Waals surface area contributed by atoms with Crippen molar-refractivity contribution in [3.05, 3.63) is 197 Å². The molecule has 0 atom stereocenters. The van der Waals surface area contributed by atoms with E-state index in [9.17, 15) is 0 Å². The molecular weight excluding hydrogens is 599 g/mol. The van der Waals surface area contributed by atoms with E-state index >= 15 is 0 Å². The molecule has 236 valence electrons. The SMILES string of the molecule is C=NC(=NC(=NCc1ccccc1)c1ccc2c(c1)-c1ccccc1CN2/C(=C(\N=C)c1ccccc1)c1ccccc1)c1ccccc1. The average Bonchev–Trinajstić information content (AvgIpc) is 3.18. The van der Waals surface area contributed by atoms with Gasteiger partial charge in [0.1, 0.15) is 0 Å². The summed E-state index contributed by atoms with van der Waals surface area (Å²) < 4.78 is 0. The molecule has 0 aliphatic carbocycles. The Kier molecular flexibility index (Phi) is 9.24. The average molecular weight is 634 g/mol. The third kappa shape index (κ3) is 6.69. The summed E-state index contributed by atoms with van der Waals surface area (Å²) in [6, 6.07) is 55.8. The largest absolute Gasteiger partial charge is 0.334 e. The fourth-order valence-electron chi connectivity index (χ4n) is 6.24. The summed E-state index contributed by atoms with van der Waals surface area (Å²) >= 11 is 0. The van der Waals surface area contributed by atoms with E-state index in [2.05, 4.69) is 119 Å². The quantitative estimate of drug-likeness (QED) is 0.0935. The molecule has 0 amide bonds. The third-order valence-corrected chi connectivity index (χ3v) is 8.58. The maximum absolute atomic E-state index is 5.06. The first-order valence-corrected chi connectivity index (χ1v) is 16.2. The Balaban J connectivity index is 1.42. The first-order chi connectivity index (χ1) is 24.2. The van der Waals surface area contributed by atoms with E-state index in [1.807, 2.05) is 72.8 Å². The minimum Gasteiger partial charge on any atom is -0.334 e. The van der Waals surface area contributed by atoms with Crippen LogP contribution in [-0.4, -0.2) is 25.1 Å². The molecule has 5 nitrogen and oxygen atoms in total. The zero-order valence-electron chi connectivity index (χ0n) is 27.2. The van der Waals surface area contributed by atoms with Crippen LogP contribution in [0.4, 0.5) is 5.69 Å². The van der Waals surface area contributed by atoms with Gasteiger partial charge in [0, 0.05) is 40.0 Å². The van der Waals surface area contributed by atoms with E-state index in [4.69, 9.17) is 9.98 Å². The van der Waals surface area contributed by atoms with Crippen LogP contribution in [0.5, 0.6) is 0 Å². The van der Waals surface area contributed by atoms with Crippen molar-refractivity contribution in [3.8, 4) is 11.1 Å². The predicted molar refractivity (Wildman–Crippen MR) is 207 cm³/mol. The summed E-state index contributed by atoms with van der Waals surface area (Å²) in [7, 11) is 0. The lowest BCUT2D eigenvalue weighted by Crippen LogP contribution is -2.26. The molecule has 1 heterocycles. The molecule has 1 aliphatic rings. The monoisotopic (exact) mass is 633 g/mol. The topological polar surface area (TPSA) is 52.7 Å². The van der Waals surface area contributed by atoms with Crippen LogP contribution in [0.15, 0.2) is 184 Å². The number of hydrogen-bond acceptors (Lipinski definition) is 3. The molecule has 6 aromatic carbocycles. The van der Waals surface area contributed by atoms with E-state index in [1.54, 1.807) is 0 Å². The van der Waals surface area contributed by atoms with E-state index in [-0.39, 0.29) is 0 Å². The molecule has 0 fully saturated rings. The van der Waals surface area contributed by atoms with E-state index in [0.717, 1.165) is 50.5 Å². The molecule has 7 rings (SSSR count). The highest BCUT2D eigenvalue weighted by molar-refractivity contribution is 6.13. The lowest BCUT2D eigenvalue weighted by Gasteiger charge is -2.36. The van der Waals surface area contributed by atoms with Crippen LogP contribution < -0.4 is 4.90 Å². The van der Waals surface area contributed by atoms with E-state index < -0.39 is 0 Å². The Morgan fingerprint density at radius 2 is 1.12 bits per heavy atom. The van der Waals surface area contributed by atoms with Gasteiger partial charge in [0.15, 0.2) is 11.7 Å². The van der Waals surface area contributed by atoms with Crippen LogP contribution in [0.3, 0.4) is 0 Å². The number of fused-ring (bicyclic) bond motifs is 3. The molecule has 6 aromatic rings. The molecule has 1 aliphatic heterocycles. The summed E-state index contributed by atoms with van der Waals surface area (Å²) in [6.07, 6.45) is 0. The summed E-state index contributed by atoms with van der Waals surface area (Å²) in [5, 5.41) is 0. The van der Waals surface area contributed by atoms with Gasteiger partial charge >= 0.3 is 0 Å². The zero-order chi connectivity index (χ0) is 33.4. The Hall–Kier alpha value is -6.46. The zero-order valence-corrected chi connectivity index (χ0v) is 27.2. The predicted octanol–water partition coefficient (Wildman–Crippen LogP) is 9.99. The van der Waals surface area contributed by atoms with Crippen molar-refractivity contribution in [2.75, 3.05) is 4.90 Å². The maximum atomic E-state index is 5.06. The first kappa shape index (κ1) is 31.2. The molecule has 0 bridgehead atoms. The van der Waals surface area contributed by atoms with Crippen molar-refractivity contribution >= 4 is 42.2 Å². The smallest absolute Gasteiger partial charge is 0.161 e. The van der Waals surface area contributed by atoms with E-state index in [1.165, 1.54) is 11.1 Å². The van der Waals surface area contributed by atoms with Crippen molar-refractivity contribution in [2.45, 2.75) is 13.1 Å². The normalized spacial score (nSPS) is 13.2. The fraction of sp³-hybridized carbons (Fsp3) is 0.0455. The third-order valence-electron chi connectivity index (χ3n) is 8.58. The molecule has 0 spiro atoms. The van der Waals surface area contributed by atoms with Gasteiger partial charge in [0.2, 0.25) is 0 Å². The highest BCUT2D eigenvalue weighted by Crippen LogP contribution is 2.45. The van der Waals surface area contributed by atoms with Crippen molar-refractivity contribution in [3.63, 3.8) is 0 Å². The fourth-order valence-corrected chi connectivity index (χ4v) is 6.24. The number of benzene rings is 6. The van der Waals surface area contributed by atoms with Crippen LogP contribution in [0.1, 0.15) is 33.4 Å². The second-order valence-electron chi connectivity index (χ2n) is 11.6. The lowest BCUT2D eigenvalue weighted by molar-refractivity contribution is 0.967. The van der Waals surface area contributed by atoms with Gasteiger partial charge in [-0.1, -0.05) is 146 Å². The van der Waals surface area contributed by atoms with Crippen molar-refractivity contribution < 1.29 is 0 Å². The standard InChI is InChI=1S/C44H35N5/c1-45-41(33-19-9-4-10-20-33)42(34-21-11-5-12-22-34)49-31-37-25-15-16-26-38(37)39-29-36(27-28-40(39)49)44(47-30-32-17-7-3-8-18-32)48-43(46-2)35-23-13-6-14-24-35/h3-29H,1-2,30-31H2/b42-41-,47-44?,48-43?. The highest BCUT2D eigenvalue weighted by atomic mass is 15.2. The van der Waals surface area contributed by atoms with Gasteiger partial charge in [-0.2, -0.15) is 0 Å². The summed E-state index contributed by atoms with van der Waals surface area (Å²) in [5.41, 5.74) is 11.3. The molecule has 0 aromatic heterocycles. The Morgan fingerprint density at radius 1 is 0.531 bits per heavy atom. The van der Waals surface area contributed by atoms with Crippen LogP contribution in [-0.2, 0) is 13.1 Å². The van der Waals surface area contributed by atoms with Crippen molar-refractivity contribution in [1.82, 2.24) is 0 Å². The van der Waals surface area contributed by atoms with Crippen LogP contribution >= 0.6 is 0 Å². The Bertz CT molecular complexity index is 2190. The molecule has 5 heteroatoms. The minimum atomic E-state index is 0.477. The van der Waals surface area contributed by atoms with Crippen LogP contribution in [0, 0.1) is 0 Å². The summed E-state index contributed by atoms with van der Waals surface area (Å²) in [6.45, 7) is 9.04. The Labute approximate surface area is 287 Å². The van der Waals surface area contributed by atoms with Gasteiger partial charge in [0.25, 0.3) is 0 Å². The van der Waals surface area contributed by atoms with Gasteiger partial charge in [-0.15, -0.1) is 0 Å². The molecule has 49 heavy (non-hydrogen) atoms. The maximum Gasteiger partial charge on any atom is 0.161 e. The molecule has 0 saturated heterocycles. The van der Waals surface area contributed by atoms with Crippen LogP contribution in [0.25, 0.3) is 22.5 Å². The van der Waals surface area contributed by atoms with E-state index in [0.29, 0.717) is 24.8 Å². The van der Waals surface area contributed by atoms with Crippen molar-refractivity contribution in [2.24, 2.45) is 20.0 Å². The number of anilines is 1. The number of rotatable bonds is 8. The highest BCUT2D eigenvalue weighted by Gasteiger charge is 2.28. The second-order valence-corrected chi connectivity index (χ2v) is 11.6. The summed E-state index contributed by atoms with van der Waals surface area (Å²) in [5.74, 6) is 1.11. The van der Waals surface area contributed by atoms with Crippen molar-refractivity contribution in [1.29, 1.82) is 0 Å². The number of hydrogen-bond donors (Lipinski definition) is 0. The molecule has 0 N–H and O–H groups in total. The van der Waals surface area contributed by atoms with Gasteiger partial charge in [-0.05, 0) is 48.3 Å². The van der Waals surface area contributed by atoms with Gasteiger partial charge in [-0.25, -0.2) is 9.98 Å². The van der Waals surface area contributed by atoms with Gasteiger partial charge in [-0.3, -0.25) is 9.98 Å².